The molecule has 1 N–H and O–H groups in total. The van der Waals surface area contributed by atoms with Crippen LogP contribution >= 0.6 is 11.6 Å². The summed E-state index contributed by atoms with van der Waals surface area (Å²) in [4.78, 5) is 10.4. The van der Waals surface area contributed by atoms with Gasteiger partial charge in [-0.2, -0.15) is 0 Å². The van der Waals surface area contributed by atoms with Crippen molar-refractivity contribution in [3.63, 3.8) is 0 Å². The summed E-state index contributed by atoms with van der Waals surface area (Å²) in [7, 11) is 0. The summed E-state index contributed by atoms with van der Waals surface area (Å²) in [5, 5.41) is 14.5. The summed E-state index contributed by atoms with van der Waals surface area (Å²) in [5.41, 5.74) is 1.46. The molecule has 2 saturated carbocycles. The minimum absolute atomic E-state index is 0.00991. The maximum atomic E-state index is 10.8. The Labute approximate surface area is 117 Å². The molecule has 0 bridgehead atoms. The van der Waals surface area contributed by atoms with E-state index in [1.807, 2.05) is 6.07 Å². The average Bonchev–Trinajstić information content (AvgIpc) is 3.24. The largest absolute Gasteiger partial charge is 0.312 e. The maximum absolute atomic E-state index is 10.8. The van der Waals surface area contributed by atoms with Crippen LogP contribution in [0.15, 0.2) is 18.2 Å². The third-order valence-corrected chi connectivity index (χ3v) is 4.67. The molecule has 0 radical (unpaired) electrons. The zero-order valence-electron chi connectivity index (χ0n) is 10.7. The Balaban J connectivity index is 1.58. The molecular weight excluding hydrogens is 264 g/mol. The van der Waals surface area contributed by atoms with Crippen LogP contribution in [0.5, 0.6) is 0 Å². The predicted octanol–water partition coefficient (Wildman–Crippen LogP) is 3.53. The number of rotatable bonds is 6. The van der Waals surface area contributed by atoms with Crippen molar-refractivity contribution in [3.05, 3.63) is 38.9 Å². The fourth-order valence-corrected chi connectivity index (χ4v) is 3.04. The van der Waals surface area contributed by atoms with Gasteiger partial charge in [0.05, 0.1) is 4.92 Å². The SMILES string of the molecule is O=[N+]([O-])c1cc(CNCC2(C3CC3)CC2)ccc1Cl. The van der Waals surface area contributed by atoms with Crippen molar-refractivity contribution in [1.29, 1.82) is 0 Å². The van der Waals surface area contributed by atoms with Gasteiger partial charge in [-0.3, -0.25) is 10.1 Å². The van der Waals surface area contributed by atoms with Crippen LogP contribution in [0.1, 0.15) is 31.2 Å². The van der Waals surface area contributed by atoms with Crippen molar-refractivity contribution in [2.24, 2.45) is 11.3 Å². The summed E-state index contributed by atoms with van der Waals surface area (Å²) in [6.45, 7) is 1.71. The molecule has 0 aliphatic heterocycles. The van der Waals surface area contributed by atoms with Gasteiger partial charge in [-0.05, 0) is 48.6 Å². The van der Waals surface area contributed by atoms with E-state index < -0.39 is 4.92 Å². The highest BCUT2D eigenvalue weighted by molar-refractivity contribution is 6.32. The lowest BCUT2D eigenvalue weighted by Crippen LogP contribution is -2.25. The highest BCUT2D eigenvalue weighted by atomic mass is 35.5. The van der Waals surface area contributed by atoms with Gasteiger partial charge in [-0.15, -0.1) is 0 Å². The van der Waals surface area contributed by atoms with E-state index in [1.54, 1.807) is 12.1 Å². The quantitative estimate of drug-likeness (QED) is 0.641. The van der Waals surface area contributed by atoms with Gasteiger partial charge in [-0.25, -0.2) is 0 Å². The van der Waals surface area contributed by atoms with E-state index in [0.717, 1.165) is 18.0 Å². The molecule has 2 aliphatic carbocycles. The summed E-state index contributed by atoms with van der Waals surface area (Å²) in [5.74, 6) is 0.930. The van der Waals surface area contributed by atoms with Crippen LogP contribution in [0, 0.1) is 21.4 Å². The molecular formula is C14H17ClN2O2. The van der Waals surface area contributed by atoms with Gasteiger partial charge in [0.25, 0.3) is 5.69 Å². The maximum Gasteiger partial charge on any atom is 0.288 e. The molecule has 1 aromatic rings. The number of hydrogen-bond acceptors (Lipinski definition) is 3. The zero-order chi connectivity index (χ0) is 13.5. The second-order valence-electron chi connectivity index (χ2n) is 5.78. The number of nitro benzene ring substituents is 1. The van der Waals surface area contributed by atoms with Crippen molar-refractivity contribution >= 4 is 17.3 Å². The third-order valence-electron chi connectivity index (χ3n) is 4.35. The number of halogens is 1. The van der Waals surface area contributed by atoms with Crippen molar-refractivity contribution in [2.45, 2.75) is 32.2 Å². The Morgan fingerprint density at radius 3 is 2.74 bits per heavy atom. The second-order valence-corrected chi connectivity index (χ2v) is 6.19. The lowest BCUT2D eigenvalue weighted by Gasteiger charge is -2.15. The number of nitro groups is 1. The first-order valence-corrected chi connectivity index (χ1v) is 7.12. The Hall–Kier alpha value is -1.13. The fourth-order valence-electron chi connectivity index (χ4n) is 2.85. The van der Waals surface area contributed by atoms with E-state index in [-0.39, 0.29) is 10.7 Å². The van der Waals surface area contributed by atoms with Gasteiger partial charge in [0.2, 0.25) is 0 Å². The molecule has 0 amide bonds. The van der Waals surface area contributed by atoms with Crippen LogP contribution in [-0.2, 0) is 6.54 Å². The Morgan fingerprint density at radius 1 is 1.42 bits per heavy atom. The first kappa shape index (κ1) is 12.9. The van der Waals surface area contributed by atoms with E-state index in [1.165, 1.54) is 25.7 Å². The van der Waals surface area contributed by atoms with Crippen LogP contribution in [0.4, 0.5) is 5.69 Å². The molecule has 2 fully saturated rings. The Morgan fingerprint density at radius 2 is 2.16 bits per heavy atom. The fraction of sp³-hybridized carbons (Fsp3) is 0.571. The van der Waals surface area contributed by atoms with Crippen LogP contribution in [0.25, 0.3) is 0 Å². The van der Waals surface area contributed by atoms with Gasteiger partial charge in [-0.1, -0.05) is 17.7 Å². The molecule has 19 heavy (non-hydrogen) atoms. The number of hydrogen-bond donors (Lipinski definition) is 1. The molecule has 1 aromatic carbocycles. The van der Waals surface area contributed by atoms with Gasteiger partial charge in [0.15, 0.2) is 0 Å². The van der Waals surface area contributed by atoms with Crippen molar-refractivity contribution in [1.82, 2.24) is 5.32 Å². The average molecular weight is 281 g/mol. The van der Waals surface area contributed by atoms with Gasteiger partial charge in [0.1, 0.15) is 5.02 Å². The molecule has 0 heterocycles. The molecule has 0 aromatic heterocycles. The predicted molar refractivity (Wildman–Crippen MR) is 74.2 cm³/mol. The van der Waals surface area contributed by atoms with E-state index in [2.05, 4.69) is 5.32 Å². The molecule has 5 heteroatoms. The molecule has 0 unspecified atom stereocenters. The van der Waals surface area contributed by atoms with Crippen LogP contribution in [0.2, 0.25) is 5.02 Å². The number of benzene rings is 1. The van der Waals surface area contributed by atoms with Gasteiger partial charge < -0.3 is 5.32 Å². The normalized spacial score (nSPS) is 20.3. The van der Waals surface area contributed by atoms with Gasteiger partial charge in [0, 0.05) is 19.2 Å². The van der Waals surface area contributed by atoms with E-state index in [4.69, 9.17) is 11.6 Å². The highest BCUT2D eigenvalue weighted by Gasteiger charge is 2.53. The Kier molecular flexibility index (Phi) is 3.23. The summed E-state index contributed by atoms with van der Waals surface area (Å²) in [6.07, 6.45) is 5.44. The lowest BCUT2D eigenvalue weighted by molar-refractivity contribution is -0.384. The summed E-state index contributed by atoms with van der Waals surface area (Å²) in [6, 6.07) is 5.01. The van der Waals surface area contributed by atoms with Crippen molar-refractivity contribution in [3.8, 4) is 0 Å². The van der Waals surface area contributed by atoms with Crippen molar-refractivity contribution in [2.75, 3.05) is 6.54 Å². The lowest BCUT2D eigenvalue weighted by atomic mass is 10.0. The standard InChI is InChI=1S/C14H17ClN2O2/c15-12-4-1-10(7-13(12)17(18)19)8-16-9-14(5-6-14)11-2-3-11/h1,4,7,11,16H,2-3,5-6,8-9H2. The number of nitrogens with zero attached hydrogens (tertiary/aromatic N) is 1. The molecule has 3 rings (SSSR count). The van der Waals surface area contributed by atoms with Crippen LogP contribution < -0.4 is 5.32 Å². The molecule has 0 spiro atoms. The monoisotopic (exact) mass is 280 g/mol. The topological polar surface area (TPSA) is 55.2 Å². The molecule has 102 valence electrons. The zero-order valence-corrected chi connectivity index (χ0v) is 11.4. The summed E-state index contributed by atoms with van der Waals surface area (Å²) < 4.78 is 0. The smallest absolute Gasteiger partial charge is 0.288 e. The van der Waals surface area contributed by atoms with E-state index in [9.17, 15) is 10.1 Å². The third kappa shape index (κ3) is 2.74. The Bertz CT molecular complexity index is 510. The van der Waals surface area contributed by atoms with E-state index >= 15 is 0 Å². The van der Waals surface area contributed by atoms with Crippen molar-refractivity contribution < 1.29 is 4.92 Å². The highest BCUT2D eigenvalue weighted by Crippen LogP contribution is 2.60. The van der Waals surface area contributed by atoms with Crippen LogP contribution in [-0.4, -0.2) is 11.5 Å². The minimum atomic E-state index is -0.432. The van der Waals surface area contributed by atoms with Gasteiger partial charge >= 0.3 is 0 Å². The summed E-state index contributed by atoms with van der Waals surface area (Å²) >= 11 is 5.80. The molecule has 0 saturated heterocycles. The van der Waals surface area contributed by atoms with E-state index in [0.29, 0.717) is 12.0 Å². The minimum Gasteiger partial charge on any atom is -0.312 e. The first-order valence-electron chi connectivity index (χ1n) is 6.74. The molecule has 2 aliphatic rings. The van der Waals surface area contributed by atoms with Crippen LogP contribution in [0.3, 0.4) is 0 Å². The molecule has 4 nitrogen and oxygen atoms in total. The number of nitrogens with one attached hydrogen (secondary N) is 1. The second kappa shape index (κ2) is 4.76. The first-order chi connectivity index (χ1) is 9.11. The molecule has 0 atom stereocenters.